The van der Waals surface area contributed by atoms with E-state index in [0.29, 0.717) is 19.3 Å². The predicted molar refractivity (Wildman–Crippen MR) is 98.5 cm³/mol. The molecule has 26 heavy (non-hydrogen) atoms. The number of carboxylic acids is 1. The Labute approximate surface area is 155 Å². The van der Waals surface area contributed by atoms with E-state index >= 15 is 0 Å². The highest BCUT2D eigenvalue weighted by atomic mass is 16.4. The summed E-state index contributed by atoms with van der Waals surface area (Å²) in [4.78, 5) is 22.6. The van der Waals surface area contributed by atoms with Gasteiger partial charge in [0.1, 0.15) is 5.78 Å². The van der Waals surface area contributed by atoms with Crippen LogP contribution in [0.25, 0.3) is 0 Å². The van der Waals surface area contributed by atoms with E-state index in [1.807, 2.05) is 19.1 Å². The smallest absolute Gasteiger partial charge is 0.303 e. The summed E-state index contributed by atoms with van der Waals surface area (Å²) in [5.41, 5.74) is 0. The number of rotatable bonds is 12. The fourth-order valence-electron chi connectivity index (χ4n) is 3.37. The Morgan fingerprint density at radius 2 is 1.81 bits per heavy atom. The van der Waals surface area contributed by atoms with Gasteiger partial charge in [0.05, 0.1) is 18.3 Å². The van der Waals surface area contributed by atoms with E-state index in [9.17, 15) is 24.9 Å². The Balaban J connectivity index is 2.54. The molecule has 6 nitrogen and oxygen atoms in total. The van der Waals surface area contributed by atoms with Gasteiger partial charge in [-0.15, -0.1) is 0 Å². The van der Waals surface area contributed by atoms with Gasteiger partial charge in [-0.1, -0.05) is 31.2 Å². The molecule has 0 heterocycles. The van der Waals surface area contributed by atoms with Crippen molar-refractivity contribution in [2.45, 2.75) is 76.6 Å². The average Bonchev–Trinajstić information content (AvgIpc) is 2.83. The molecule has 1 aliphatic rings. The summed E-state index contributed by atoms with van der Waals surface area (Å²) < 4.78 is 0. The third-order valence-electron chi connectivity index (χ3n) is 4.81. The summed E-state index contributed by atoms with van der Waals surface area (Å²) in [6.45, 7) is 2.01. The molecule has 1 rings (SSSR count). The van der Waals surface area contributed by atoms with E-state index < -0.39 is 24.3 Å². The van der Waals surface area contributed by atoms with Crippen molar-refractivity contribution in [1.29, 1.82) is 0 Å². The number of carboxylic acid groups (broad SMARTS) is 1. The molecule has 0 aromatic carbocycles. The van der Waals surface area contributed by atoms with E-state index in [1.54, 1.807) is 12.2 Å². The minimum absolute atomic E-state index is 0.0293. The van der Waals surface area contributed by atoms with Gasteiger partial charge in [-0.3, -0.25) is 9.59 Å². The topological polar surface area (TPSA) is 115 Å². The maximum absolute atomic E-state index is 12.1. The second kappa shape index (κ2) is 12.0. The number of unbranched alkanes of at least 4 members (excludes halogenated alkanes) is 1. The lowest BCUT2D eigenvalue weighted by Crippen LogP contribution is -2.24. The van der Waals surface area contributed by atoms with Crippen molar-refractivity contribution in [3.05, 3.63) is 24.3 Å². The second-order valence-electron chi connectivity index (χ2n) is 7.02. The lowest BCUT2D eigenvalue weighted by atomic mass is 9.87. The molecular weight excluding hydrogens is 336 g/mol. The van der Waals surface area contributed by atoms with Crippen molar-refractivity contribution in [2.24, 2.45) is 11.8 Å². The monoisotopic (exact) mass is 368 g/mol. The summed E-state index contributed by atoms with van der Waals surface area (Å²) in [5, 5.41) is 38.9. The van der Waals surface area contributed by atoms with Gasteiger partial charge in [0.15, 0.2) is 0 Å². The Kier molecular flexibility index (Phi) is 10.4. The number of aliphatic carboxylic acids is 1. The fourth-order valence-corrected chi connectivity index (χ4v) is 3.37. The molecule has 5 atom stereocenters. The highest BCUT2D eigenvalue weighted by Gasteiger charge is 2.41. The van der Waals surface area contributed by atoms with E-state index in [0.717, 1.165) is 6.42 Å². The SMILES string of the molecule is CC/C=C\C[C@H](O)/C=C/[C@H]1[C@@H](CC(=O)CCCCC(=O)O)[C@@H](O)C[C@H]1O. The number of hydrogen-bond acceptors (Lipinski definition) is 5. The van der Waals surface area contributed by atoms with Gasteiger partial charge in [0, 0.05) is 37.5 Å². The van der Waals surface area contributed by atoms with Crippen LogP contribution in [0.4, 0.5) is 0 Å². The van der Waals surface area contributed by atoms with Crippen LogP contribution >= 0.6 is 0 Å². The van der Waals surface area contributed by atoms with Crippen LogP contribution in [0, 0.1) is 11.8 Å². The maximum atomic E-state index is 12.1. The third-order valence-corrected chi connectivity index (χ3v) is 4.81. The number of aliphatic hydroxyl groups is 3. The first-order chi connectivity index (χ1) is 12.3. The van der Waals surface area contributed by atoms with Crippen LogP contribution in [-0.2, 0) is 9.59 Å². The van der Waals surface area contributed by atoms with Gasteiger partial charge >= 0.3 is 5.97 Å². The summed E-state index contributed by atoms with van der Waals surface area (Å²) in [5.74, 6) is -1.63. The normalized spacial score (nSPS) is 27.4. The molecule has 0 spiro atoms. The van der Waals surface area contributed by atoms with E-state index in [2.05, 4.69) is 0 Å². The zero-order valence-electron chi connectivity index (χ0n) is 15.5. The zero-order chi connectivity index (χ0) is 19.5. The molecule has 0 aliphatic heterocycles. The first kappa shape index (κ1) is 22.5. The first-order valence-electron chi connectivity index (χ1n) is 9.46. The molecule has 0 radical (unpaired) electrons. The fraction of sp³-hybridized carbons (Fsp3) is 0.700. The number of ketones is 1. The molecule has 1 aliphatic carbocycles. The standard InChI is InChI=1S/C20H32O6/c1-2-3-4-7-14(21)10-11-16-17(19(24)13-18(16)23)12-15(22)8-5-6-9-20(25)26/h3-4,10-11,14,16-19,21,23-24H,2,5-9,12-13H2,1H3,(H,25,26)/b4-3-,11-10+/t14-,16-,17+,18+,19-/m0/s1. The molecule has 0 unspecified atom stereocenters. The Morgan fingerprint density at radius 3 is 2.46 bits per heavy atom. The van der Waals surface area contributed by atoms with Crippen LogP contribution in [0.15, 0.2) is 24.3 Å². The van der Waals surface area contributed by atoms with Gasteiger partial charge in [-0.2, -0.15) is 0 Å². The Hall–Kier alpha value is -1.50. The highest BCUT2D eigenvalue weighted by molar-refractivity contribution is 5.78. The second-order valence-corrected chi connectivity index (χ2v) is 7.02. The molecule has 0 bridgehead atoms. The molecule has 148 valence electrons. The quantitative estimate of drug-likeness (QED) is 0.310. The number of aliphatic hydroxyl groups excluding tert-OH is 3. The van der Waals surface area contributed by atoms with Crippen molar-refractivity contribution < 1.29 is 30.0 Å². The Bertz CT molecular complexity index is 499. The molecule has 0 amide bonds. The molecule has 6 heteroatoms. The van der Waals surface area contributed by atoms with Crippen LogP contribution in [-0.4, -0.2) is 50.5 Å². The van der Waals surface area contributed by atoms with Crippen molar-refractivity contribution in [3.8, 4) is 0 Å². The van der Waals surface area contributed by atoms with Crippen LogP contribution in [0.2, 0.25) is 0 Å². The number of carbonyl (C=O) groups is 2. The van der Waals surface area contributed by atoms with Gasteiger partial charge in [0.25, 0.3) is 0 Å². The zero-order valence-corrected chi connectivity index (χ0v) is 15.5. The summed E-state index contributed by atoms with van der Waals surface area (Å²) in [6, 6.07) is 0. The molecule has 0 aromatic heterocycles. The number of allylic oxidation sites excluding steroid dienone is 1. The van der Waals surface area contributed by atoms with Crippen LogP contribution in [0.3, 0.4) is 0 Å². The van der Waals surface area contributed by atoms with Crippen LogP contribution in [0.5, 0.6) is 0 Å². The minimum Gasteiger partial charge on any atom is -0.481 e. The van der Waals surface area contributed by atoms with Gasteiger partial charge in [0.2, 0.25) is 0 Å². The predicted octanol–water partition coefficient (Wildman–Crippen LogP) is 2.22. The van der Waals surface area contributed by atoms with Crippen molar-refractivity contribution in [3.63, 3.8) is 0 Å². The molecule has 0 aromatic rings. The Morgan fingerprint density at radius 1 is 1.12 bits per heavy atom. The molecule has 4 N–H and O–H groups in total. The summed E-state index contributed by atoms with van der Waals surface area (Å²) >= 11 is 0. The summed E-state index contributed by atoms with van der Waals surface area (Å²) in [7, 11) is 0. The number of carbonyl (C=O) groups excluding carboxylic acids is 1. The molecule has 1 saturated carbocycles. The van der Waals surface area contributed by atoms with Crippen LogP contribution in [0.1, 0.15) is 58.3 Å². The third kappa shape index (κ3) is 8.25. The van der Waals surface area contributed by atoms with Gasteiger partial charge in [-0.05, 0) is 25.7 Å². The largest absolute Gasteiger partial charge is 0.481 e. The van der Waals surface area contributed by atoms with Crippen molar-refractivity contribution in [1.82, 2.24) is 0 Å². The molecule has 0 saturated heterocycles. The van der Waals surface area contributed by atoms with E-state index in [1.165, 1.54) is 0 Å². The minimum atomic E-state index is -0.871. The average molecular weight is 368 g/mol. The number of hydrogen-bond donors (Lipinski definition) is 4. The highest BCUT2D eigenvalue weighted by Crippen LogP contribution is 2.36. The summed E-state index contributed by atoms with van der Waals surface area (Å²) in [6.07, 6.45) is 8.14. The van der Waals surface area contributed by atoms with E-state index in [-0.39, 0.29) is 43.3 Å². The van der Waals surface area contributed by atoms with Gasteiger partial charge in [-0.25, -0.2) is 0 Å². The van der Waals surface area contributed by atoms with E-state index in [4.69, 9.17) is 5.11 Å². The molecular formula is C20H32O6. The molecule has 1 fully saturated rings. The lowest BCUT2D eigenvalue weighted by Gasteiger charge is -2.20. The van der Waals surface area contributed by atoms with Gasteiger partial charge < -0.3 is 20.4 Å². The first-order valence-corrected chi connectivity index (χ1v) is 9.46. The van der Waals surface area contributed by atoms with Crippen LogP contribution < -0.4 is 0 Å². The van der Waals surface area contributed by atoms with Crippen molar-refractivity contribution in [2.75, 3.05) is 0 Å². The number of Topliss-reactive ketones (excluding diaryl/α,β-unsaturated/α-hetero) is 1. The van der Waals surface area contributed by atoms with Crippen molar-refractivity contribution >= 4 is 11.8 Å². The lowest BCUT2D eigenvalue weighted by molar-refractivity contribution is -0.137. The maximum Gasteiger partial charge on any atom is 0.303 e.